The van der Waals surface area contributed by atoms with Crippen LogP contribution in [0.2, 0.25) is 0 Å². The molecule has 8 aromatic carbocycles. The fourth-order valence-electron chi connectivity index (χ4n) is 7.43. The zero-order chi connectivity index (χ0) is 37.6. The van der Waals surface area contributed by atoms with E-state index in [0.717, 1.165) is 22.6 Å². The quantitative estimate of drug-likeness (QED) is 0.0892. The van der Waals surface area contributed by atoms with Gasteiger partial charge in [0.15, 0.2) is 5.75 Å². The maximum absolute atomic E-state index is 7.69. The van der Waals surface area contributed by atoms with Gasteiger partial charge in [0.25, 0.3) is 0 Å². The third-order valence-electron chi connectivity index (χ3n) is 10.2. The van der Waals surface area contributed by atoms with Crippen LogP contribution >= 0.6 is 15.8 Å². The molecule has 0 saturated heterocycles. The summed E-state index contributed by atoms with van der Waals surface area (Å²) in [5, 5.41) is 7.93. The molecule has 0 radical (unpaired) electrons. The Kier molecular flexibility index (Phi) is 13.8. The molecular formula is C52H45NOP2Pd-2. The molecule has 286 valence electrons. The number of rotatable bonds is 7. The third-order valence-corrected chi connectivity index (χ3v) is 15.4. The molecule has 0 aliphatic carbocycles. The molecule has 0 unspecified atom stereocenters. The molecule has 0 bridgehead atoms. The van der Waals surface area contributed by atoms with Crippen LogP contribution in [-0.2, 0) is 25.8 Å². The van der Waals surface area contributed by atoms with Crippen molar-refractivity contribution in [3.8, 4) is 22.6 Å². The van der Waals surface area contributed by atoms with Gasteiger partial charge in [-0.15, -0.1) is 41.5 Å². The molecule has 57 heavy (non-hydrogen) atoms. The van der Waals surface area contributed by atoms with E-state index in [1.807, 2.05) is 42.5 Å². The maximum Gasteiger partial charge on any atom is 0.174 e. The average molecular weight is 868 g/mol. The van der Waals surface area contributed by atoms with E-state index in [-0.39, 0.29) is 33.3 Å². The minimum atomic E-state index is -1.32. The van der Waals surface area contributed by atoms with Crippen molar-refractivity contribution in [3.05, 3.63) is 237 Å². The van der Waals surface area contributed by atoms with Crippen molar-refractivity contribution in [3.63, 3.8) is 0 Å². The largest absolute Gasteiger partial charge is 0.706 e. The number of para-hydroxylation sites is 2. The van der Waals surface area contributed by atoms with E-state index in [1.165, 1.54) is 43.0 Å². The van der Waals surface area contributed by atoms with Crippen LogP contribution in [-0.4, -0.2) is 0 Å². The van der Waals surface area contributed by atoms with E-state index >= 15 is 0 Å². The van der Waals surface area contributed by atoms with E-state index in [2.05, 4.69) is 178 Å². The molecule has 1 aliphatic heterocycles. The molecule has 9 rings (SSSR count). The van der Waals surface area contributed by atoms with Crippen LogP contribution in [0.3, 0.4) is 0 Å². The predicted molar refractivity (Wildman–Crippen MR) is 245 cm³/mol. The van der Waals surface area contributed by atoms with Crippen molar-refractivity contribution in [1.82, 2.24) is 0 Å². The van der Waals surface area contributed by atoms with Gasteiger partial charge in [-0.25, -0.2) is 0 Å². The maximum atomic E-state index is 7.69. The van der Waals surface area contributed by atoms with Gasteiger partial charge in [-0.2, -0.15) is 5.69 Å². The second kappa shape index (κ2) is 18.9. The molecule has 0 saturated carbocycles. The SMILES string of the molecule is CC1(C)c2cccc(P(c3ccccc3)c3ccccc3)c2Oc2c([PH+](c3ccccc3)c3ccccc3)cccc21.[CH3-].[NH-]c1ccccc1-c1[c-]cccc1.[Pd]. The summed E-state index contributed by atoms with van der Waals surface area (Å²) in [4.78, 5) is 0. The van der Waals surface area contributed by atoms with Crippen LogP contribution in [0.15, 0.2) is 206 Å². The topological polar surface area (TPSA) is 33.0 Å². The van der Waals surface area contributed by atoms with Crippen molar-refractivity contribution in [2.24, 2.45) is 0 Å². The summed E-state index contributed by atoms with van der Waals surface area (Å²) in [6.45, 7) is 4.71. The van der Waals surface area contributed by atoms with Crippen LogP contribution in [0.5, 0.6) is 11.5 Å². The van der Waals surface area contributed by atoms with E-state index in [9.17, 15) is 0 Å². The molecule has 1 heterocycles. The van der Waals surface area contributed by atoms with E-state index in [0.29, 0.717) is 5.69 Å². The Morgan fingerprint density at radius 2 is 1.02 bits per heavy atom. The molecule has 5 heteroatoms. The van der Waals surface area contributed by atoms with Gasteiger partial charge >= 0.3 is 0 Å². The van der Waals surface area contributed by atoms with Gasteiger partial charge in [-0.3, -0.25) is 0 Å². The number of hydrogen-bond donors (Lipinski definition) is 0. The Balaban J connectivity index is 0.000000312. The summed E-state index contributed by atoms with van der Waals surface area (Å²) in [5.74, 6) is 2.05. The first-order chi connectivity index (χ1) is 27.0. The third kappa shape index (κ3) is 8.75. The van der Waals surface area contributed by atoms with Gasteiger partial charge in [0.05, 0.1) is 0 Å². The fourth-order valence-corrected chi connectivity index (χ4v) is 12.5. The molecule has 0 spiro atoms. The zero-order valence-corrected chi connectivity index (χ0v) is 35.8. The Hall–Kier alpha value is -5.12. The standard InChI is InChI=1S/C39H32OP2.C12H9N.CH3.Pd/c1-39(2)33-25-15-27-35(41(29-17-7-3-8-18-29)30-19-9-4-10-20-30)37(33)40-38-34(39)26-16-28-36(38)42(31-21-11-5-12-22-31)32-23-13-6-14-24-32;13-12-9-5-4-8-11(12)10-6-2-1-3-7-10;;/h3-28H,1-2H3;1-6,8-9,13H;1H3;/q;-2;-1;/p+1. The number of nitrogens with one attached hydrogen (secondary N) is 1. The van der Waals surface area contributed by atoms with Gasteiger partial charge in [-0.1, -0.05) is 166 Å². The second-order valence-corrected chi connectivity index (χ2v) is 18.6. The van der Waals surface area contributed by atoms with Crippen molar-refractivity contribution < 1.29 is 25.2 Å². The summed E-state index contributed by atoms with van der Waals surface area (Å²) >= 11 is 0. The first-order valence-electron chi connectivity index (χ1n) is 18.6. The first-order valence-corrected chi connectivity index (χ1v) is 21.5. The van der Waals surface area contributed by atoms with E-state index in [1.54, 1.807) is 6.07 Å². The zero-order valence-electron chi connectivity index (χ0n) is 32.3. The number of benzene rings is 8. The van der Waals surface area contributed by atoms with E-state index < -0.39 is 15.8 Å². The average Bonchev–Trinajstić information content (AvgIpc) is 3.24. The Morgan fingerprint density at radius 1 is 0.526 bits per heavy atom. The van der Waals surface area contributed by atoms with Gasteiger partial charge in [0.1, 0.15) is 29.6 Å². The first kappa shape index (κ1) is 41.5. The van der Waals surface area contributed by atoms with Crippen LogP contribution in [0.1, 0.15) is 25.0 Å². The van der Waals surface area contributed by atoms with Gasteiger partial charge < -0.3 is 17.9 Å². The van der Waals surface area contributed by atoms with Crippen LogP contribution in [0, 0.1) is 13.5 Å². The molecule has 0 amide bonds. The van der Waals surface area contributed by atoms with Crippen LogP contribution < -0.4 is 36.6 Å². The van der Waals surface area contributed by atoms with Crippen LogP contribution in [0.25, 0.3) is 16.9 Å². The minimum absolute atomic E-state index is 0. The molecule has 0 fully saturated rings. The molecule has 2 nitrogen and oxygen atoms in total. The molecule has 0 atom stereocenters. The second-order valence-electron chi connectivity index (χ2n) is 14.0. The minimum Gasteiger partial charge on any atom is -0.706 e. The van der Waals surface area contributed by atoms with Gasteiger partial charge in [0.2, 0.25) is 0 Å². The van der Waals surface area contributed by atoms with E-state index in [4.69, 9.17) is 10.5 Å². The monoisotopic (exact) mass is 867 g/mol. The number of fused-ring (bicyclic) bond motifs is 2. The summed E-state index contributed by atoms with van der Waals surface area (Å²) in [6, 6.07) is 75.7. The Labute approximate surface area is 355 Å². The van der Waals surface area contributed by atoms with Crippen LogP contribution in [0.4, 0.5) is 5.69 Å². The summed E-state index contributed by atoms with van der Waals surface area (Å²) in [7, 11) is -2.14. The Morgan fingerprint density at radius 3 is 1.56 bits per heavy atom. The number of ether oxygens (including phenoxy) is 1. The van der Waals surface area contributed by atoms with Gasteiger partial charge in [-0.05, 0) is 48.9 Å². The normalized spacial score (nSPS) is 12.1. The summed E-state index contributed by atoms with van der Waals surface area (Å²) in [6.07, 6.45) is 0. The molecule has 8 aromatic rings. The smallest absolute Gasteiger partial charge is 0.174 e. The number of hydrogen-bond acceptors (Lipinski definition) is 1. The van der Waals surface area contributed by atoms with Crippen molar-refractivity contribution in [2.45, 2.75) is 19.3 Å². The molecule has 0 aromatic heterocycles. The molecule has 1 N–H and O–H groups in total. The predicted octanol–water partition coefficient (Wildman–Crippen LogP) is 11.7. The molecular weight excluding hydrogens is 823 g/mol. The molecule has 1 aliphatic rings. The van der Waals surface area contributed by atoms with Gasteiger partial charge in [0, 0.05) is 42.3 Å². The van der Waals surface area contributed by atoms with Crippen molar-refractivity contribution in [2.75, 3.05) is 0 Å². The van der Waals surface area contributed by atoms with Crippen molar-refractivity contribution >= 4 is 53.4 Å². The van der Waals surface area contributed by atoms with Crippen molar-refractivity contribution in [1.29, 1.82) is 0 Å². The fraction of sp³-hybridized carbons (Fsp3) is 0.0577. The summed E-state index contributed by atoms with van der Waals surface area (Å²) < 4.78 is 7.26. The Bertz CT molecular complexity index is 2280. The summed E-state index contributed by atoms with van der Waals surface area (Å²) in [5.41, 5.74) is 12.4.